The van der Waals surface area contributed by atoms with Crippen LogP contribution in [0.15, 0.2) is 132 Å². The predicted octanol–water partition coefficient (Wildman–Crippen LogP) is 11.7. The summed E-state index contributed by atoms with van der Waals surface area (Å²) in [6.45, 7) is 5.09. The van der Waals surface area contributed by atoms with Crippen molar-refractivity contribution in [1.82, 2.24) is 10.6 Å². The second kappa shape index (κ2) is 14.0. The van der Waals surface area contributed by atoms with E-state index in [1.807, 2.05) is 0 Å². The fourth-order valence-corrected chi connectivity index (χ4v) is 10.6. The van der Waals surface area contributed by atoms with Crippen LogP contribution in [0.1, 0.15) is 113 Å². The van der Waals surface area contributed by atoms with Crippen LogP contribution in [-0.2, 0) is 0 Å². The summed E-state index contributed by atoms with van der Waals surface area (Å²) < 4.78 is 0. The molecule has 2 aromatic rings. The third kappa shape index (κ3) is 6.19. The zero-order chi connectivity index (χ0) is 35.1. The summed E-state index contributed by atoms with van der Waals surface area (Å²) in [7, 11) is 0. The molecule has 0 spiro atoms. The van der Waals surface area contributed by atoms with Gasteiger partial charge in [0.25, 0.3) is 0 Å². The third-order valence-electron chi connectivity index (χ3n) is 13.6. The molecule has 2 aromatic carbocycles. The maximum atomic E-state index is 5.43. The van der Waals surface area contributed by atoms with E-state index < -0.39 is 0 Å². The Labute approximate surface area is 311 Å². The van der Waals surface area contributed by atoms with E-state index in [4.69, 9.17) is 4.99 Å². The highest BCUT2D eigenvalue weighted by atomic mass is 15.3. The summed E-state index contributed by atoms with van der Waals surface area (Å²) in [5.74, 6) is 2.12. The second-order valence-corrected chi connectivity index (χ2v) is 16.9. The second-order valence-electron chi connectivity index (χ2n) is 16.9. The molecule has 3 heteroatoms. The minimum Gasteiger partial charge on any atom is -0.350 e. The van der Waals surface area contributed by atoms with Crippen molar-refractivity contribution in [2.24, 2.45) is 27.7 Å². The molecular formula is C49H55N3. The van der Waals surface area contributed by atoms with Crippen molar-refractivity contribution >= 4 is 22.6 Å². The van der Waals surface area contributed by atoms with Gasteiger partial charge in [-0.1, -0.05) is 123 Å². The number of allylic oxidation sites excluding steroid dienone is 13. The number of hydrogen-bond acceptors (Lipinski definition) is 3. The molecule has 0 radical (unpaired) electrons. The van der Waals surface area contributed by atoms with E-state index in [1.54, 1.807) is 5.57 Å². The van der Waals surface area contributed by atoms with Crippen LogP contribution >= 0.6 is 0 Å². The number of benzene rings is 2. The topological polar surface area (TPSA) is 36.4 Å². The lowest BCUT2D eigenvalue weighted by Gasteiger charge is -2.55. The Hall–Kier alpha value is -4.21. The molecule has 6 aliphatic carbocycles. The van der Waals surface area contributed by atoms with Gasteiger partial charge in [0.2, 0.25) is 0 Å². The minimum absolute atomic E-state index is 0.0227. The molecule has 0 bridgehead atoms. The highest BCUT2D eigenvalue weighted by molar-refractivity contribution is 6.02. The first-order chi connectivity index (χ1) is 25.5. The molecular weight excluding hydrogens is 631 g/mol. The number of rotatable bonds is 6. The van der Waals surface area contributed by atoms with Crippen LogP contribution in [0.4, 0.5) is 0 Å². The van der Waals surface area contributed by atoms with Crippen molar-refractivity contribution in [2.45, 2.75) is 103 Å². The van der Waals surface area contributed by atoms with Crippen LogP contribution in [0.3, 0.4) is 0 Å². The van der Waals surface area contributed by atoms with Crippen LogP contribution in [0, 0.1) is 22.7 Å². The fraction of sp³-hybridized carbons (Fsp3) is 0.408. The summed E-state index contributed by atoms with van der Waals surface area (Å²) in [6.07, 6.45) is 40.4. The SMILES string of the molecule is CC12C=CC3CC(c4cc(C5=NC(C6=CC=CCC6)NC(C6=CCCC=C6)N5)ccc4C4=C(c5ccccc5)CCCC4)=CCC3(C)C1C=CCC2. The quantitative estimate of drug-likeness (QED) is 0.297. The van der Waals surface area contributed by atoms with Crippen LogP contribution in [0.25, 0.3) is 16.7 Å². The van der Waals surface area contributed by atoms with Gasteiger partial charge in [0, 0.05) is 5.56 Å². The van der Waals surface area contributed by atoms with Gasteiger partial charge in [-0.05, 0) is 150 Å². The van der Waals surface area contributed by atoms with E-state index in [1.165, 1.54) is 70.2 Å². The summed E-state index contributed by atoms with van der Waals surface area (Å²) in [5, 5.41) is 7.75. The molecule has 0 saturated carbocycles. The zero-order valence-electron chi connectivity index (χ0n) is 31.2. The number of aliphatic imine (C=N–C) groups is 1. The Morgan fingerprint density at radius 2 is 1.67 bits per heavy atom. The number of hydrogen-bond donors (Lipinski definition) is 2. The lowest BCUT2D eigenvalue weighted by molar-refractivity contribution is 0.0488. The van der Waals surface area contributed by atoms with Gasteiger partial charge >= 0.3 is 0 Å². The molecule has 0 saturated heterocycles. The lowest BCUT2D eigenvalue weighted by Crippen LogP contribution is -2.55. The molecule has 0 aromatic heterocycles. The molecule has 3 nitrogen and oxygen atoms in total. The lowest BCUT2D eigenvalue weighted by atomic mass is 9.49. The monoisotopic (exact) mass is 685 g/mol. The molecule has 266 valence electrons. The Bertz CT molecular complexity index is 2000. The van der Waals surface area contributed by atoms with Crippen molar-refractivity contribution < 1.29 is 0 Å². The van der Waals surface area contributed by atoms with Gasteiger partial charge in [0.05, 0.1) is 0 Å². The van der Waals surface area contributed by atoms with Crippen LogP contribution in [0.5, 0.6) is 0 Å². The molecule has 0 amide bonds. The average molecular weight is 686 g/mol. The first-order valence-electron chi connectivity index (χ1n) is 20.3. The fourth-order valence-electron chi connectivity index (χ4n) is 10.6. The zero-order valence-corrected chi connectivity index (χ0v) is 31.2. The van der Waals surface area contributed by atoms with Gasteiger partial charge in [-0.3, -0.25) is 5.32 Å². The Kier molecular flexibility index (Phi) is 9.03. The molecule has 2 N–H and O–H groups in total. The summed E-state index contributed by atoms with van der Waals surface area (Å²) >= 11 is 0. The minimum atomic E-state index is -0.0453. The summed E-state index contributed by atoms with van der Waals surface area (Å²) in [4.78, 5) is 5.43. The van der Waals surface area contributed by atoms with Gasteiger partial charge in [-0.25, -0.2) is 4.99 Å². The highest BCUT2D eigenvalue weighted by Crippen LogP contribution is 2.60. The number of fused-ring (bicyclic) bond motifs is 3. The molecule has 6 atom stereocenters. The van der Waals surface area contributed by atoms with Crippen molar-refractivity contribution in [2.75, 3.05) is 0 Å². The summed E-state index contributed by atoms with van der Waals surface area (Å²) in [5.41, 5.74) is 13.2. The van der Waals surface area contributed by atoms with E-state index in [0.29, 0.717) is 11.8 Å². The molecule has 52 heavy (non-hydrogen) atoms. The van der Waals surface area contributed by atoms with E-state index in [9.17, 15) is 0 Å². The standard InChI is InChI=1S/C49H55N3/c1-48-29-15-14-24-44(48)49(2)31-27-37(32-39(49)28-30-48)43-33-38(25-26-42(43)41-23-13-12-22-40(41)34-16-6-3-7-17-34)47-51-45(35-18-8-4-9-19-35)50-46(52-47)36-20-10-5-11-21-36/h3-4,6-8,10,14,16-18,20-21,24-28,30,33,39,44-46,50H,5,9,11-13,15,19,22-23,29,31-32H2,1-2H3,(H,51,52). The van der Waals surface area contributed by atoms with Crippen LogP contribution < -0.4 is 10.6 Å². The smallest absolute Gasteiger partial charge is 0.131 e. The van der Waals surface area contributed by atoms with E-state index in [2.05, 4.69) is 140 Å². The van der Waals surface area contributed by atoms with E-state index in [0.717, 1.165) is 57.2 Å². The molecule has 7 aliphatic rings. The Morgan fingerprint density at radius 1 is 0.788 bits per heavy atom. The van der Waals surface area contributed by atoms with Crippen LogP contribution in [0.2, 0.25) is 0 Å². The Balaban J connectivity index is 1.16. The number of nitrogens with one attached hydrogen (secondary N) is 2. The van der Waals surface area contributed by atoms with E-state index in [-0.39, 0.29) is 23.2 Å². The number of amidine groups is 1. The van der Waals surface area contributed by atoms with Crippen molar-refractivity contribution in [3.05, 3.63) is 149 Å². The first kappa shape index (κ1) is 33.6. The van der Waals surface area contributed by atoms with Crippen molar-refractivity contribution in [1.29, 1.82) is 0 Å². The van der Waals surface area contributed by atoms with Crippen LogP contribution in [-0.4, -0.2) is 18.2 Å². The maximum Gasteiger partial charge on any atom is 0.131 e. The van der Waals surface area contributed by atoms with E-state index >= 15 is 0 Å². The molecule has 9 rings (SSSR count). The molecule has 1 aliphatic heterocycles. The maximum absolute atomic E-state index is 5.43. The van der Waals surface area contributed by atoms with Crippen molar-refractivity contribution in [3.63, 3.8) is 0 Å². The number of nitrogens with zero attached hydrogens (tertiary/aromatic N) is 1. The highest BCUT2D eigenvalue weighted by Gasteiger charge is 2.51. The van der Waals surface area contributed by atoms with Gasteiger partial charge in [-0.2, -0.15) is 0 Å². The van der Waals surface area contributed by atoms with Gasteiger partial charge < -0.3 is 5.32 Å². The van der Waals surface area contributed by atoms with Gasteiger partial charge in [-0.15, -0.1) is 0 Å². The Morgan fingerprint density at radius 3 is 2.50 bits per heavy atom. The molecule has 6 unspecified atom stereocenters. The van der Waals surface area contributed by atoms with Gasteiger partial charge in [0.15, 0.2) is 0 Å². The largest absolute Gasteiger partial charge is 0.350 e. The molecule has 1 heterocycles. The molecule has 0 fully saturated rings. The van der Waals surface area contributed by atoms with Crippen molar-refractivity contribution in [3.8, 4) is 0 Å². The van der Waals surface area contributed by atoms with Gasteiger partial charge in [0.1, 0.15) is 18.2 Å². The first-order valence-corrected chi connectivity index (χ1v) is 20.3. The normalized spacial score (nSPS) is 32.6. The summed E-state index contributed by atoms with van der Waals surface area (Å²) in [6, 6.07) is 18.5. The third-order valence-corrected chi connectivity index (χ3v) is 13.6. The average Bonchev–Trinajstić information content (AvgIpc) is 3.21. The predicted molar refractivity (Wildman–Crippen MR) is 219 cm³/mol.